The predicted molar refractivity (Wildman–Crippen MR) is 81.5 cm³/mol. The molecule has 0 aromatic carbocycles. The third-order valence-electron chi connectivity index (χ3n) is 5.11. The molecule has 0 saturated carbocycles. The molecular weight excluding hydrogens is 264 g/mol. The Bertz CT molecular complexity index is 516. The number of hydrogen-bond donors (Lipinski definition) is 1. The number of nitrogens with zero attached hydrogens (tertiary/aromatic N) is 3. The van der Waals surface area contributed by atoms with Gasteiger partial charge in [-0.1, -0.05) is 0 Å². The summed E-state index contributed by atoms with van der Waals surface area (Å²) in [7, 11) is 1.96. The third kappa shape index (κ3) is 2.42. The Kier molecular flexibility index (Phi) is 3.55. The quantitative estimate of drug-likeness (QED) is 0.901. The van der Waals surface area contributed by atoms with Crippen molar-refractivity contribution in [2.45, 2.75) is 50.7 Å². The van der Waals surface area contributed by atoms with Gasteiger partial charge in [-0.15, -0.1) is 0 Å². The molecule has 2 saturated heterocycles. The van der Waals surface area contributed by atoms with Gasteiger partial charge in [0.05, 0.1) is 6.61 Å². The molecule has 0 radical (unpaired) electrons. The molecule has 0 amide bonds. The van der Waals surface area contributed by atoms with Gasteiger partial charge < -0.3 is 10.1 Å². The minimum Gasteiger partial charge on any atom is -0.373 e. The molecule has 5 nitrogen and oxygen atoms in total. The lowest BCUT2D eigenvalue weighted by molar-refractivity contribution is -0.0541. The van der Waals surface area contributed by atoms with Crippen LogP contribution in [0.3, 0.4) is 0 Å². The molecular formula is C16H24N4O. The number of rotatable bonds is 2. The first kappa shape index (κ1) is 13.5. The molecule has 21 heavy (non-hydrogen) atoms. The van der Waals surface area contributed by atoms with Gasteiger partial charge in [-0.2, -0.15) is 0 Å². The maximum Gasteiger partial charge on any atom is 0.161 e. The van der Waals surface area contributed by atoms with Crippen LogP contribution in [0.25, 0.3) is 0 Å². The molecule has 114 valence electrons. The second kappa shape index (κ2) is 5.54. The minimum absolute atomic E-state index is 0.0404. The van der Waals surface area contributed by atoms with Crippen molar-refractivity contribution < 1.29 is 4.74 Å². The number of nitrogens with one attached hydrogen (secondary N) is 1. The van der Waals surface area contributed by atoms with E-state index in [2.05, 4.69) is 10.2 Å². The summed E-state index contributed by atoms with van der Waals surface area (Å²) >= 11 is 0. The van der Waals surface area contributed by atoms with Crippen molar-refractivity contribution in [1.82, 2.24) is 14.9 Å². The van der Waals surface area contributed by atoms with Crippen molar-refractivity contribution in [3.05, 3.63) is 17.1 Å². The molecule has 1 aliphatic carbocycles. The highest BCUT2D eigenvalue weighted by Crippen LogP contribution is 2.31. The molecule has 3 aliphatic rings. The molecule has 0 bridgehead atoms. The van der Waals surface area contributed by atoms with Crippen LogP contribution in [0.1, 0.15) is 48.9 Å². The first-order valence-electron chi connectivity index (χ1n) is 8.28. The maximum atomic E-state index is 6.07. The molecule has 2 unspecified atom stereocenters. The zero-order valence-corrected chi connectivity index (χ0v) is 12.8. The fourth-order valence-electron chi connectivity index (χ4n) is 3.94. The van der Waals surface area contributed by atoms with Crippen LogP contribution in [0.5, 0.6) is 0 Å². The van der Waals surface area contributed by atoms with E-state index in [0.29, 0.717) is 6.04 Å². The fraction of sp³-hybridized carbons (Fsp3) is 0.750. The minimum atomic E-state index is 0.0404. The molecule has 0 spiro atoms. The van der Waals surface area contributed by atoms with Gasteiger partial charge in [0, 0.05) is 30.9 Å². The summed E-state index contributed by atoms with van der Waals surface area (Å²) in [4.78, 5) is 12.2. The highest BCUT2D eigenvalue weighted by molar-refractivity contribution is 5.47. The van der Waals surface area contributed by atoms with Crippen LogP contribution in [0.2, 0.25) is 0 Å². The zero-order chi connectivity index (χ0) is 14.2. The standard InChI is InChI=1S/C16H24N4O/c1-17-15-12-6-2-3-7-13(12)18-16(19-15)14-9-20-8-4-5-11(20)10-21-14/h11,14H,2-10H2,1H3,(H,17,18,19). The largest absolute Gasteiger partial charge is 0.373 e. The van der Waals surface area contributed by atoms with Crippen LogP contribution in [0.4, 0.5) is 5.82 Å². The summed E-state index contributed by atoms with van der Waals surface area (Å²) < 4.78 is 6.07. The van der Waals surface area contributed by atoms with Crippen LogP contribution in [0.15, 0.2) is 0 Å². The number of aryl methyl sites for hydroxylation is 1. The van der Waals surface area contributed by atoms with E-state index in [-0.39, 0.29) is 6.10 Å². The van der Waals surface area contributed by atoms with E-state index in [9.17, 15) is 0 Å². The van der Waals surface area contributed by atoms with Crippen molar-refractivity contribution in [3.63, 3.8) is 0 Å². The topological polar surface area (TPSA) is 50.3 Å². The van der Waals surface area contributed by atoms with Crippen molar-refractivity contribution in [1.29, 1.82) is 0 Å². The Morgan fingerprint density at radius 1 is 1.19 bits per heavy atom. The first-order chi connectivity index (χ1) is 10.3. The van der Waals surface area contributed by atoms with E-state index in [1.165, 1.54) is 43.5 Å². The molecule has 1 N–H and O–H groups in total. The molecule has 2 atom stereocenters. The average molecular weight is 288 g/mol. The normalized spacial score (nSPS) is 29.0. The number of fused-ring (bicyclic) bond motifs is 2. The van der Waals surface area contributed by atoms with Crippen LogP contribution in [0, 0.1) is 0 Å². The van der Waals surface area contributed by atoms with Gasteiger partial charge in [0.15, 0.2) is 5.82 Å². The van der Waals surface area contributed by atoms with Crippen molar-refractivity contribution >= 4 is 5.82 Å². The van der Waals surface area contributed by atoms with Gasteiger partial charge in [0.2, 0.25) is 0 Å². The van der Waals surface area contributed by atoms with Crippen LogP contribution < -0.4 is 5.32 Å². The predicted octanol–water partition coefficient (Wildman–Crippen LogP) is 1.93. The molecule has 3 heterocycles. The highest BCUT2D eigenvalue weighted by atomic mass is 16.5. The summed E-state index contributed by atoms with van der Waals surface area (Å²) in [5, 5.41) is 3.26. The fourth-order valence-corrected chi connectivity index (χ4v) is 3.94. The van der Waals surface area contributed by atoms with Gasteiger partial charge in [-0.05, 0) is 45.1 Å². The van der Waals surface area contributed by atoms with Crippen molar-refractivity contribution in [2.24, 2.45) is 0 Å². The van der Waals surface area contributed by atoms with Gasteiger partial charge in [0.1, 0.15) is 11.9 Å². The van der Waals surface area contributed by atoms with E-state index >= 15 is 0 Å². The number of ether oxygens (including phenoxy) is 1. The molecule has 2 fully saturated rings. The Morgan fingerprint density at radius 3 is 3.00 bits per heavy atom. The summed E-state index contributed by atoms with van der Waals surface area (Å²) in [5.74, 6) is 1.90. The lowest BCUT2D eigenvalue weighted by atomic mass is 9.96. The number of aromatic nitrogens is 2. The highest BCUT2D eigenvalue weighted by Gasteiger charge is 2.34. The summed E-state index contributed by atoms with van der Waals surface area (Å²) in [6.45, 7) is 2.99. The molecule has 1 aromatic rings. The number of hydrogen-bond acceptors (Lipinski definition) is 5. The van der Waals surface area contributed by atoms with E-state index in [1.54, 1.807) is 0 Å². The second-order valence-electron chi connectivity index (χ2n) is 6.43. The monoisotopic (exact) mass is 288 g/mol. The van der Waals surface area contributed by atoms with Crippen LogP contribution >= 0.6 is 0 Å². The van der Waals surface area contributed by atoms with Gasteiger partial charge in [-0.3, -0.25) is 4.90 Å². The maximum absolute atomic E-state index is 6.07. The molecule has 2 aliphatic heterocycles. The second-order valence-corrected chi connectivity index (χ2v) is 6.43. The van der Waals surface area contributed by atoms with E-state index < -0.39 is 0 Å². The van der Waals surface area contributed by atoms with Gasteiger partial charge in [0.25, 0.3) is 0 Å². The smallest absolute Gasteiger partial charge is 0.161 e. The average Bonchev–Trinajstić information content (AvgIpc) is 3.01. The lowest BCUT2D eigenvalue weighted by Crippen LogP contribution is -2.43. The van der Waals surface area contributed by atoms with Gasteiger partial charge >= 0.3 is 0 Å². The lowest BCUT2D eigenvalue weighted by Gasteiger charge is -2.34. The Labute approximate surface area is 126 Å². The van der Waals surface area contributed by atoms with Crippen molar-refractivity contribution in [2.75, 3.05) is 32.1 Å². The van der Waals surface area contributed by atoms with Crippen molar-refractivity contribution in [3.8, 4) is 0 Å². The van der Waals surface area contributed by atoms with E-state index in [1.807, 2.05) is 7.05 Å². The Balaban J connectivity index is 1.62. The molecule has 1 aromatic heterocycles. The molecule has 4 rings (SSSR count). The number of anilines is 1. The van der Waals surface area contributed by atoms with Crippen LogP contribution in [-0.4, -0.2) is 47.7 Å². The van der Waals surface area contributed by atoms with Gasteiger partial charge in [-0.25, -0.2) is 9.97 Å². The van der Waals surface area contributed by atoms with E-state index in [4.69, 9.17) is 14.7 Å². The van der Waals surface area contributed by atoms with E-state index in [0.717, 1.165) is 37.6 Å². The molecule has 5 heteroatoms. The Hall–Kier alpha value is -1.20. The first-order valence-corrected chi connectivity index (χ1v) is 8.28. The summed E-state index contributed by atoms with van der Waals surface area (Å²) in [6, 6.07) is 0.627. The Morgan fingerprint density at radius 2 is 2.10 bits per heavy atom. The SMILES string of the molecule is CNc1nc(C2CN3CCCC3CO2)nc2c1CCCC2. The summed E-state index contributed by atoms with van der Waals surface area (Å²) in [5.41, 5.74) is 2.56. The zero-order valence-electron chi connectivity index (χ0n) is 12.8. The van der Waals surface area contributed by atoms with Crippen LogP contribution in [-0.2, 0) is 17.6 Å². The summed E-state index contributed by atoms with van der Waals surface area (Å²) in [6.07, 6.45) is 7.29. The third-order valence-corrected chi connectivity index (χ3v) is 5.11. The number of morpholine rings is 1.